The van der Waals surface area contributed by atoms with Crippen LogP contribution in [0.3, 0.4) is 0 Å². The van der Waals surface area contributed by atoms with Gasteiger partial charge in [-0.2, -0.15) is 5.10 Å². The summed E-state index contributed by atoms with van der Waals surface area (Å²) in [5, 5.41) is 8.65. The molecule has 4 aromatic rings. The van der Waals surface area contributed by atoms with Crippen molar-refractivity contribution in [3.05, 3.63) is 125 Å². The molecular weight excluding hydrogens is 461 g/mol. The Balaban J connectivity index is 1.41. The highest BCUT2D eigenvalue weighted by atomic mass is 32.2. The predicted octanol–water partition coefficient (Wildman–Crippen LogP) is 6.59. The van der Waals surface area contributed by atoms with E-state index >= 15 is 0 Å². The molecule has 0 saturated carbocycles. The molecule has 5 nitrogen and oxygen atoms in total. The molecule has 35 heavy (non-hydrogen) atoms. The Morgan fingerprint density at radius 1 is 0.886 bits per heavy atom. The third-order valence-corrected chi connectivity index (χ3v) is 6.34. The maximum Gasteiger partial charge on any atom is 0.267 e. The second-order valence-corrected chi connectivity index (χ2v) is 8.73. The standard InChI is InChI=1S/C28H20FN3O2S/c29-25-11-5-4-9-23(25)18-30-31-28-32(19-24-10-6-16-34-24)27(33)26(35-28)17-20-12-14-22(15-13-20)21-7-2-1-3-8-21/h1-18H,19H2/b26-17-,30-18+,31-28-. The summed E-state index contributed by atoms with van der Waals surface area (Å²) in [6, 6.07) is 28.0. The minimum absolute atomic E-state index is 0.196. The Bertz CT molecular complexity index is 1410. The van der Waals surface area contributed by atoms with Gasteiger partial charge in [0.1, 0.15) is 11.6 Å². The molecule has 2 heterocycles. The Hall–Kier alpha value is -4.23. The van der Waals surface area contributed by atoms with Gasteiger partial charge in [0.2, 0.25) is 0 Å². The second kappa shape index (κ2) is 10.4. The lowest BCUT2D eigenvalue weighted by atomic mass is 10.0. The van der Waals surface area contributed by atoms with E-state index in [9.17, 15) is 9.18 Å². The first-order chi connectivity index (χ1) is 17.2. The van der Waals surface area contributed by atoms with Crippen molar-refractivity contribution in [1.82, 2.24) is 4.90 Å². The number of nitrogens with zero attached hydrogens (tertiary/aromatic N) is 3. The van der Waals surface area contributed by atoms with E-state index in [-0.39, 0.29) is 12.5 Å². The molecular formula is C28H20FN3O2S. The van der Waals surface area contributed by atoms with E-state index in [0.717, 1.165) is 16.7 Å². The van der Waals surface area contributed by atoms with Gasteiger partial charge in [-0.05, 0) is 52.7 Å². The van der Waals surface area contributed by atoms with Crippen molar-refractivity contribution in [2.24, 2.45) is 10.2 Å². The molecule has 7 heteroatoms. The Kier molecular flexibility index (Phi) is 6.68. The van der Waals surface area contributed by atoms with Gasteiger partial charge in [-0.1, -0.05) is 72.8 Å². The lowest BCUT2D eigenvalue weighted by Gasteiger charge is -2.12. The van der Waals surface area contributed by atoms with Crippen molar-refractivity contribution in [3.63, 3.8) is 0 Å². The largest absolute Gasteiger partial charge is 0.467 e. The summed E-state index contributed by atoms with van der Waals surface area (Å²) in [5.41, 5.74) is 3.44. The highest BCUT2D eigenvalue weighted by Gasteiger charge is 2.34. The summed E-state index contributed by atoms with van der Waals surface area (Å²) in [6.45, 7) is 0.219. The number of rotatable bonds is 6. The van der Waals surface area contributed by atoms with Gasteiger partial charge in [0, 0.05) is 5.56 Å². The van der Waals surface area contributed by atoms with Crippen LogP contribution in [0.4, 0.5) is 4.39 Å². The fraction of sp³-hybridized carbons (Fsp3) is 0.0357. The molecule has 0 aliphatic carbocycles. The number of thioether (sulfide) groups is 1. The number of carbonyl (C=O) groups excluding carboxylic acids is 1. The molecule has 0 N–H and O–H groups in total. The summed E-state index contributed by atoms with van der Waals surface area (Å²) >= 11 is 1.22. The van der Waals surface area contributed by atoms with Crippen molar-refractivity contribution in [3.8, 4) is 11.1 Å². The number of halogens is 1. The fourth-order valence-corrected chi connectivity index (χ4v) is 4.49. The van der Waals surface area contributed by atoms with Gasteiger partial charge >= 0.3 is 0 Å². The molecule has 5 rings (SSSR count). The van der Waals surface area contributed by atoms with Crippen molar-refractivity contribution in [1.29, 1.82) is 0 Å². The van der Waals surface area contributed by atoms with Crippen LogP contribution in [0, 0.1) is 5.82 Å². The molecule has 0 unspecified atom stereocenters. The highest BCUT2D eigenvalue weighted by molar-refractivity contribution is 8.18. The summed E-state index contributed by atoms with van der Waals surface area (Å²) < 4.78 is 19.3. The van der Waals surface area contributed by atoms with Crippen LogP contribution in [0.1, 0.15) is 16.9 Å². The first-order valence-electron chi connectivity index (χ1n) is 10.9. The van der Waals surface area contributed by atoms with E-state index in [0.29, 0.717) is 21.4 Å². The number of hydrogen-bond donors (Lipinski definition) is 0. The van der Waals surface area contributed by atoms with Crippen LogP contribution in [0.25, 0.3) is 17.2 Å². The molecule has 1 fully saturated rings. The van der Waals surface area contributed by atoms with Crippen molar-refractivity contribution in [2.45, 2.75) is 6.54 Å². The highest BCUT2D eigenvalue weighted by Crippen LogP contribution is 2.34. The number of furan rings is 1. The molecule has 172 valence electrons. The SMILES string of the molecule is O=C1/C(=C/c2ccc(-c3ccccc3)cc2)S/C(=N\N=C\c2ccccc2F)N1Cc1ccco1. The maximum absolute atomic E-state index is 13.9. The zero-order valence-electron chi connectivity index (χ0n) is 18.5. The predicted molar refractivity (Wildman–Crippen MR) is 138 cm³/mol. The van der Waals surface area contributed by atoms with Crippen molar-refractivity contribution >= 4 is 35.1 Å². The van der Waals surface area contributed by atoms with E-state index in [2.05, 4.69) is 22.3 Å². The third kappa shape index (κ3) is 5.31. The van der Waals surface area contributed by atoms with Crippen LogP contribution < -0.4 is 0 Å². The van der Waals surface area contributed by atoms with Crippen molar-refractivity contribution in [2.75, 3.05) is 0 Å². The van der Waals surface area contributed by atoms with Crippen LogP contribution in [0.5, 0.6) is 0 Å². The molecule has 0 spiro atoms. The molecule has 1 aliphatic rings. The first-order valence-corrected chi connectivity index (χ1v) is 11.7. The molecule has 1 aliphatic heterocycles. The van der Waals surface area contributed by atoms with Crippen molar-refractivity contribution < 1.29 is 13.6 Å². The number of amidine groups is 1. The number of benzene rings is 3. The summed E-state index contributed by atoms with van der Waals surface area (Å²) in [4.78, 5) is 15.2. The Morgan fingerprint density at radius 2 is 1.63 bits per heavy atom. The van der Waals surface area contributed by atoms with Crippen LogP contribution in [-0.4, -0.2) is 22.2 Å². The van der Waals surface area contributed by atoms with E-state index < -0.39 is 5.82 Å². The minimum atomic E-state index is -0.390. The van der Waals surface area contributed by atoms with Gasteiger partial charge in [-0.25, -0.2) is 4.39 Å². The van der Waals surface area contributed by atoms with E-state index in [4.69, 9.17) is 4.42 Å². The zero-order chi connectivity index (χ0) is 24.0. The van der Waals surface area contributed by atoms with Gasteiger partial charge < -0.3 is 4.42 Å². The number of amides is 1. The average Bonchev–Trinajstić information content (AvgIpc) is 3.51. The van der Waals surface area contributed by atoms with Gasteiger partial charge in [0.25, 0.3) is 5.91 Å². The minimum Gasteiger partial charge on any atom is -0.467 e. The van der Waals surface area contributed by atoms with Crippen LogP contribution >= 0.6 is 11.8 Å². The van der Waals surface area contributed by atoms with Crippen LogP contribution in [0.15, 0.2) is 117 Å². The van der Waals surface area contributed by atoms with Gasteiger partial charge in [-0.15, -0.1) is 5.10 Å². The molecule has 0 radical (unpaired) electrons. The van der Waals surface area contributed by atoms with E-state index in [1.807, 2.05) is 48.5 Å². The quantitative estimate of drug-likeness (QED) is 0.177. The maximum atomic E-state index is 13.9. The lowest BCUT2D eigenvalue weighted by Crippen LogP contribution is -2.28. The monoisotopic (exact) mass is 481 g/mol. The van der Waals surface area contributed by atoms with Crippen LogP contribution in [0.2, 0.25) is 0 Å². The molecule has 0 atom stereocenters. The number of carbonyl (C=O) groups is 1. The molecule has 1 aromatic heterocycles. The lowest BCUT2D eigenvalue weighted by molar-refractivity contribution is -0.122. The normalized spacial score (nSPS) is 16.1. The smallest absolute Gasteiger partial charge is 0.267 e. The topological polar surface area (TPSA) is 58.2 Å². The zero-order valence-corrected chi connectivity index (χ0v) is 19.4. The molecule has 1 amide bonds. The van der Waals surface area contributed by atoms with Gasteiger partial charge in [0.15, 0.2) is 5.17 Å². The molecule has 3 aromatic carbocycles. The first kappa shape index (κ1) is 22.6. The Labute approximate surface area is 206 Å². The Morgan fingerprint density at radius 3 is 2.37 bits per heavy atom. The van der Waals surface area contributed by atoms with Crippen LogP contribution in [-0.2, 0) is 11.3 Å². The molecule has 1 saturated heterocycles. The summed E-state index contributed by atoms with van der Waals surface area (Å²) in [5.74, 6) is 0.0372. The summed E-state index contributed by atoms with van der Waals surface area (Å²) in [6.07, 6.45) is 4.73. The average molecular weight is 482 g/mol. The van der Waals surface area contributed by atoms with E-state index in [1.54, 1.807) is 36.6 Å². The third-order valence-electron chi connectivity index (χ3n) is 5.34. The van der Waals surface area contributed by atoms with Gasteiger partial charge in [0.05, 0.1) is 23.9 Å². The molecule has 0 bridgehead atoms. The second-order valence-electron chi connectivity index (χ2n) is 7.72. The van der Waals surface area contributed by atoms with E-state index in [1.165, 1.54) is 28.9 Å². The van der Waals surface area contributed by atoms with Gasteiger partial charge in [-0.3, -0.25) is 9.69 Å². The summed E-state index contributed by atoms with van der Waals surface area (Å²) in [7, 11) is 0. The number of hydrogen-bond acceptors (Lipinski definition) is 5. The fourth-order valence-electron chi connectivity index (χ4n) is 3.55.